The maximum atomic E-state index is 12.7. The maximum Gasteiger partial charge on any atom is 0.433 e. The predicted octanol–water partition coefficient (Wildman–Crippen LogP) is 2.35. The van der Waals surface area contributed by atoms with Crippen LogP contribution in [0.1, 0.15) is 11.3 Å². The van der Waals surface area contributed by atoms with Gasteiger partial charge in [0, 0.05) is 6.54 Å². The second kappa shape index (κ2) is 4.21. The van der Waals surface area contributed by atoms with Crippen LogP contribution in [0, 0.1) is 0 Å². The first-order valence-corrected chi connectivity index (χ1v) is 4.93. The van der Waals surface area contributed by atoms with Crippen molar-refractivity contribution in [3.8, 4) is 5.69 Å². The highest BCUT2D eigenvalue weighted by Gasteiger charge is 2.35. The molecule has 0 radical (unpaired) electrons. The zero-order valence-corrected chi connectivity index (χ0v) is 8.78. The molecule has 0 amide bonds. The van der Waals surface area contributed by atoms with Gasteiger partial charge in [-0.15, -0.1) is 0 Å². The Kier molecular flexibility index (Phi) is 2.89. The largest absolute Gasteiger partial charge is 0.433 e. The minimum absolute atomic E-state index is 0.274. The van der Waals surface area contributed by atoms with Crippen molar-refractivity contribution in [2.24, 2.45) is 5.73 Å². The van der Waals surface area contributed by atoms with E-state index in [9.17, 15) is 13.2 Å². The maximum absolute atomic E-state index is 12.7. The molecule has 0 aliphatic heterocycles. The molecule has 90 valence electrons. The van der Waals surface area contributed by atoms with Crippen molar-refractivity contribution in [1.29, 1.82) is 0 Å². The van der Waals surface area contributed by atoms with Gasteiger partial charge < -0.3 is 5.73 Å². The summed E-state index contributed by atoms with van der Waals surface area (Å²) in [6, 6.07) is 7.48. The number of hydrogen-bond acceptors (Lipinski definition) is 2. The molecule has 0 fully saturated rings. The van der Waals surface area contributed by atoms with Gasteiger partial charge in [-0.25, -0.2) is 4.68 Å². The Morgan fingerprint density at radius 3 is 2.65 bits per heavy atom. The predicted molar refractivity (Wildman–Crippen MR) is 56.5 cm³/mol. The minimum Gasteiger partial charge on any atom is -0.326 e. The summed E-state index contributed by atoms with van der Waals surface area (Å²) in [5, 5.41) is 3.68. The third-order valence-corrected chi connectivity index (χ3v) is 2.32. The molecule has 0 atom stereocenters. The standard InChI is InChI=1S/C11H10F3N3/c12-11(13,14)10-4-5-16-17(10)9-3-1-2-8(6-9)7-15/h1-6H,7,15H2. The van der Waals surface area contributed by atoms with Crippen LogP contribution in [0.5, 0.6) is 0 Å². The van der Waals surface area contributed by atoms with E-state index in [1.807, 2.05) is 0 Å². The molecule has 0 bridgehead atoms. The highest BCUT2D eigenvalue weighted by molar-refractivity contribution is 5.37. The van der Waals surface area contributed by atoms with Gasteiger partial charge in [0.15, 0.2) is 0 Å². The SMILES string of the molecule is NCc1cccc(-n2nccc2C(F)(F)F)c1. The summed E-state index contributed by atoms with van der Waals surface area (Å²) in [6.45, 7) is 0.274. The van der Waals surface area contributed by atoms with Crippen LogP contribution >= 0.6 is 0 Å². The summed E-state index contributed by atoms with van der Waals surface area (Å²) in [4.78, 5) is 0. The molecule has 2 aromatic rings. The third-order valence-electron chi connectivity index (χ3n) is 2.32. The quantitative estimate of drug-likeness (QED) is 0.877. The van der Waals surface area contributed by atoms with Gasteiger partial charge in [-0.1, -0.05) is 12.1 Å². The van der Waals surface area contributed by atoms with E-state index in [2.05, 4.69) is 5.10 Å². The van der Waals surface area contributed by atoms with E-state index in [1.165, 1.54) is 0 Å². The topological polar surface area (TPSA) is 43.8 Å². The van der Waals surface area contributed by atoms with Gasteiger partial charge in [0.2, 0.25) is 0 Å². The first kappa shape index (κ1) is 11.7. The number of alkyl halides is 3. The highest BCUT2D eigenvalue weighted by atomic mass is 19.4. The molecule has 3 nitrogen and oxygen atoms in total. The summed E-state index contributed by atoms with van der Waals surface area (Å²) in [7, 11) is 0. The average molecular weight is 241 g/mol. The summed E-state index contributed by atoms with van der Waals surface area (Å²) in [5.41, 5.74) is 5.75. The molecule has 0 aliphatic carbocycles. The van der Waals surface area contributed by atoms with E-state index in [-0.39, 0.29) is 6.54 Å². The number of rotatable bonds is 2. The van der Waals surface area contributed by atoms with Gasteiger partial charge in [0.05, 0.1) is 11.9 Å². The van der Waals surface area contributed by atoms with Gasteiger partial charge in [-0.2, -0.15) is 18.3 Å². The number of hydrogen-bond donors (Lipinski definition) is 1. The molecule has 0 aliphatic rings. The van der Waals surface area contributed by atoms with Gasteiger partial charge >= 0.3 is 6.18 Å². The molecule has 0 unspecified atom stereocenters. The lowest BCUT2D eigenvalue weighted by Gasteiger charge is -2.10. The van der Waals surface area contributed by atoms with Crippen LogP contribution in [0.25, 0.3) is 5.69 Å². The lowest BCUT2D eigenvalue weighted by molar-refractivity contribution is -0.142. The normalized spacial score (nSPS) is 11.8. The minimum atomic E-state index is -4.42. The second-order valence-corrected chi connectivity index (χ2v) is 3.50. The first-order valence-electron chi connectivity index (χ1n) is 4.93. The highest BCUT2D eigenvalue weighted by Crippen LogP contribution is 2.30. The Balaban J connectivity index is 2.50. The Morgan fingerprint density at radius 1 is 1.24 bits per heavy atom. The fourth-order valence-electron chi connectivity index (χ4n) is 1.54. The Labute approximate surface area is 95.7 Å². The van der Waals surface area contributed by atoms with Crippen molar-refractivity contribution in [2.75, 3.05) is 0 Å². The molecule has 6 heteroatoms. The first-order chi connectivity index (χ1) is 8.02. The summed E-state index contributed by atoms with van der Waals surface area (Å²) < 4.78 is 38.9. The number of aromatic nitrogens is 2. The van der Waals surface area contributed by atoms with Gasteiger partial charge in [-0.05, 0) is 23.8 Å². The molecule has 17 heavy (non-hydrogen) atoms. The van der Waals surface area contributed by atoms with E-state index in [0.29, 0.717) is 5.69 Å². The molecular weight excluding hydrogens is 231 g/mol. The van der Waals surface area contributed by atoms with Crippen LogP contribution in [-0.2, 0) is 12.7 Å². The summed E-state index contributed by atoms with van der Waals surface area (Å²) >= 11 is 0. The van der Waals surface area contributed by atoms with E-state index in [1.54, 1.807) is 24.3 Å². The van der Waals surface area contributed by atoms with Crippen LogP contribution < -0.4 is 5.73 Å². The van der Waals surface area contributed by atoms with Crippen molar-refractivity contribution >= 4 is 0 Å². The Morgan fingerprint density at radius 2 is 2.00 bits per heavy atom. The van der Waals surface area contributed by atoms with Crippen molar-refractivity contribution in [3.63, 3.8) is 0 Å². The van der Waals surface area contributed by atoms with Crippen LogP contribution in [0.4, 0.5) is 13.2 Å². The number of halogens is 3. The van der Waals surface area contributed by atoms with E-state index in [4.69, 9.17) is 5.73 Å². The van der Waals surface area contributed by atoms with Crippen molar-refractivity contribution in [3.05, 3.63) is 47.8 Å². The smallest absolute Gasteiger partial charge is 0.326 e. The molecule has 2 N–H and O–H groups in total. The van der Waals surface area contributed by atoms with Gasteiger partial charge in [0.25, 0.3) is 0 Å². The zero-order valence-electron chi connectivity index (χ0n) is 8.78. The monoisotopic (exact) mass is 241 g/mol. The van der Waals surface area contributed by atoms with Crippen molar-refractivity contribution in [1.82, 2.24) is 9.78 Å². The third kappa shape index (κ3) is 2.31. The summed E-state index contributed by atoms with van der Waals surface area (Å²) in [6.07, 6.45) is -3.30. The number of nitrogens with zero attached hydrogens (tertiary/aromatic N) is 2. The molecule has 1 heterocycles. The Hall–Kier alpha value is -1.82. The number of benzene rings is 1. The summed E-state index contributed by atoms with van der Waals surface area (Å²) in [5.74, 6) is 0. The Bertz CT molecular complexity index is 517. The van der Waals surface area contributed by atoms with Gasteiger partial charge in [0.1, 0.15) is 5.69 Å². The molecule has 0 saturated heterocycles. The van der Waals surface area contributed by atoms with Crippen LogP contribution in [-0.4, -0.2) is 9.78 Å². The zero-order chi connectivity index (χ0) is 12.5. The number of nitrogens with two attached hydrogens (primary N) is 1. The van der Waals surface area contributed by atoms with E-state index < -0.39 is 11.9 Å². The molecule has 0 saturated carbocycles. The molecular formula is C11H10F3N3. The molecule has 1 aromatic heterocycles. The molecule has 0 spiro atoms. The molecule has 2 rings (SSSR count). The molecule has 1 aromatic carbocycles. The van der Waals surface area contributed by atoms with Crippen molar-refractivity contribution < 1.29 is 13.2 Å². The lowest BCUT2D eigenvalue weighted by Crippen LogP contribution is -2.13. The van der Waals surface area contributed by atoms with Crippen LogP contribution in [0.15, 0.2) is 36.5 Å². The second-order valence-electron chi connectivity index (χ2n) is 3.50. The van der Waals surface area contributed by atoms with E-state index >= 15 is 0 Å². The average Bonchev–Trinajstić information content (AvgIpc) is 2.77. The lowest BCUT2D eigenvalue weighted by atomic mass is 10.2. The van der Waals surface area contributed by atoms with E-state index in [0.717, 1.165) is 22.5 Å². The van der Waals surface area contributed by atoms with Crippen LogP contribution in [0.2, 0.25) is 0 Å². The van der Waals surface area contributed by atoms with Crippen molar-refractivity contribution in [2.45, 2.75) is 12.7 Å². The fraction of sp³-hybridized carbons (Fsp3) is 0.182. The van der Waals surface area contributed by atoms with Crippen LogP contribution in [0.3, 0.4) is 0 Å². The fourth-order valence-corrected chi connectivity index (χ4v) is 1.54. The van der Waals surface area contributed by atoms with Gasteiger partial charge in [-0.3, -0.25) is 0 Å².